The van der Waals surface area contributed by atoms with Gasteiger partial charge >= 0.3 is 0 Å². The third-order valence-electron chi connectivity index (χ3n) is 3.13. The normalized spacial score (nSPS) is 13.3. The number of nitrogens with one attached hydrogen (secondary N) is 2. The van der Waals surface area contributed by atoms with Gasteiger partial charge in [-0.25, -0.2) is 0 Å². The van der Waals surface area contributed by atoms with E-state index in [0.717, 1.165) is 0 Å². The summed E-state index contributed by atoms with van der Waals surface area (Å²) in [4.78, 5) is 22.4. The fraction of sp³-hybridized carbons (Fsp3) is 0.462. The van der Waals surface area contributed by atoms with Crippen LogP contribution in [0.5, 0.6) is 0 Å². The van der Waals surface area contributed by atoms with Gasteiger partial charge in [-0.3, -0.25) is 19.1 Å². The number of nitrogens with zero attached hydrogens (tertiary/aromatic N) is 1. The summed E-state index contributed by atoms with van der Waals surface area (Å²) in [6.45, 7) is 2.15. The van der Waals surface area contributed by atoms with E-state index >= 15 is 0 Å². The predicted octanol–water partition coefficient (Wildman–Crippen LogP) is 1.52. The molecular weight excluding hydrogens is 294 g/mol. The molecule has 2 unspecified atom stereocenters. The Labute approximate surface area is 125 Å². The monoisotopic (exact) mass is 313 g/mol. The first kappa shape index (κ1) is 17.1. The van der Waals surface area contributed by atoms with E-state index in [-0.39, 0.29) is 16.5 Å². The average molecular weight is 313 g/mol. The highest BCUT2D eigenvalue weighted by Crippen LogP contribution is 2.22. The Bertz CT molecular complexity index is 562. The van der Waals surface area contributed by atoms with E-state index in [0.29, 0.717) is 18.7 Å². The average Bonchev–Trinajstić information content (AvgIpc) is 2.45. The molecule has 1 aromatic carbocycles. The van der Waals surface area contributed by atoms with Gasteiger partial charge in [0.25, 0.3) is 11.6 Å². The molecule has 1 rings (SSSR count). The molecule has 2 atom stereocenters. The van der Waals surface area contributed by atoms with E-state index < -0.39 is 21.6 Å². The maximum atomic E-state index is 12.1. The first-order valence-corrected chi connectivity index (χ1v) is 8.05. The van der Waals surface area contributed by atoms with Crippen LogP contribution in [0.25, 0.3) is 0 Å². The molecule has 0 saturated heterocycles. The predicted molar refractivity (Wildman–Crippen MR) is 83.1 cm³/mol. The second-order valence-corrected chi connectivity index (χ2v) is 6.39. The number of hydrogen-bond acceptors (Lipinski definition) is 5. The van der Waals surface area contributed by atoms with E-state index in [1.807, 2.05) is 6.92 Å². The molecule has 0 heterocycles. The van der Waals surface area contributed by atoms with Gasteiger partial charge in [-0.1, -0.05) is 6.92 Å². The van der Waals surface area contributed by atoms with Crippen molar-refractivity contribution in [2.24, 2.45) is 0 Å². The maximum Gasteiger partial charge on any atom is 0.282 e. The molecule has 7 nitrogen and oxygen atoms in total. The lowest BCUT2D eigenvalue weighted by atomic mass is 10.1. The lowest BCUT2D eigenvalue weighted by Gasteiger charge is -2.10. The Hall–Kier alpha value is -1.96. The molecule has 1 aromatic rings. The van der Waals surface area contributed by atoms with Crippen LogP contribution in [0.3, 0.4) is 0 Å². The number of rotatable bonds is 7. The quantitative estimate of drug-likeness (QED) is 0.587. The van der Waals surface area contributed by atoms with Crippen LogP contribution in [0.4, 0.5) is 11.4 Å². The fourth-order valence-electron chi connectivity index (χ4n) is 1.68. The minimum Gasteiger partial charge on any atom is -0.388 e. The number of amides is 1. The molecule has 8 heteroatoms. The smallest absolute Gasteiger partial charge is 0.282 e. The highest BCUT2D eigenvalue weighted by atomic mass is 32.2. The minimum absolute atomic E-state index is 0.0112. The summed E-state index contributed by atoms with van der Waals surface area (Å²) in [6, 6.07) is 4.27. The van der Waals surface area contributed by atoms with Crippen LogP contribution in [-0.2, 0) is 10.8 Å². The Kier molecular flexibility index (Phi) is 6.29. The van der Waals surface area contributed by atoms with Crippen molar-refractivity contribution < 1.29 is 13.9 Å². The van der Waals surface area contributed by atoms with Crippen molar-refractivity contribution in [2.45, 2.75) is 18.6 Å². The molecule has 116 valence electrons. The van der Waals surface area contributed by atoms with Crippen molar-refractivity contribution in [3.63, 3.8) is 0 Å². The highest BCUT2D eigenvalue weighted by Gasteiger charge is 2.20. The maximum absolute atomic E-state index is 12.1. The van der Waals surface area contributed by atoms with Gasteiger partial charge in [0.15, 0.2) is 0 Å². The SMILES string of the molecule is CNc1ccc([N+](=O)[O-])c(C(=O)NCCC(C)S(C)=O)c1. The molecule has 1 amide bonds. The summed E-state index contributed by atoms with van der Waals surface area (Å²) in [5.41, 5.74) is 0.393. The summed E-state index contributed by atoms with van der Waals surface area (Å²) in [5.74, 6) is -0.507. The zero-order chi connectivity index (χ0) is 16.0. The van der Waals surface area contributed by atoms with Crippen molar-refractivity contribution in [2.75, 3.05) is 25.2 Å². The van der Waals surface area contributed by atoms with Gasteiger partial charge in [0.05, 0.1) is 4.92 Å². The van der Waals surface area contributed by atoms with Crippen molar-refractivity contribution in [3.05, 3.63) is 33.9 Å². The number of anilines is 1. The number of nitro benzene ring substituents is 1. The Morgan fingerprint density at radius 3 is 2.67 bits per heavy atom. The number of carbonyl (C=O) groups is 1. The van der Waals surface area contributed by atoms with Crippen molar-refractivity contribution in [1.82, 2.24) is 5.32 Å². The van der Waals surface area contributed by atoms with Crippen LogP contribution in [0, 0.1) is 10.1 Å². The van der Waals surface area contributed by atoms with Crippen molar-refractivity contribution in [3.8, 4) is 0 Å². The zero-order valence-electron chi connectivity index (χ0n) is 12.2. The third-order valence-corrected chi connectivity index (χ3v) is 4.50. The van der Waals surface area contributed by atoms with Gasteiger partial charge in [0, 0.05) is 47.7 Å². The van der Waals surface area contributed by atoms with Crippen LogP contribution in [0.2, 0.25) is 0 Å². The van der Waals surface area contributed by atoms with Crippen molar-refractivity contribution >= 4 is 28.1 Å². The Morgan fingerprint density at radius 2 is 2.14 bits per heavy atom. The minimum atomic E-state index is -0.956. The number of nitro groups is 1. The standard InChI is InChI=1S/C13H19N3O4S/c1-9(21(3)20)6-7-15-13(17)11-8-10(14-2)4-5-12(11)16(18)19/h4-5,8-9,14H,6-7H2,1-3H3,(H,15,17). The molecule has 0 fully saturated rings. The molecule has 21 heavy (non-hydrogen) atoms. The largest absolute Gasteiger partial charge is 0.388 e. The first-order chi connectivity index (χ1) is 9.86. The molecule has 0 radical (unpaired) electrons. The van der Waals surface area contributed by atoms with Gasteiger partial charge in [-0.05, 0) is 18.6 Å². The van der Waals surface area contributed by atoms with E-state index in [1.54, 1.807) is 13.3 Å². The highest BCUT2D eigenvalue weighted by molar-refractivity contribution is 7.84. The molecule has 0 saturated carbocycles. The second kappa shape index (κ2) is 7.72. The van der Waals surface area contributed by atoms with Gasteiger partial charge in [-0.15, -0.1) is 0 Å². The topological polar surface area (TPSA) is 101 Å². The van der Waals surface area contributed by atoms with Crippen LogP contribution in [0.1, 0.15) is 23.7 Å². The number of carbonyl (C=O) groups excluding carboxylic acids is 1. The fourth-order valence-corrected chi connectivity index (χ4v) is 2.13. The first-order valence-electron chi connectivity index (χ1n) is 6.43. The molecule has 0 aliphatic carbocycles. The van der Waals surface area contributed by atoms with Gasteiger partial charge < -0.3 is 10.6 Å². The lowest BCUT2D eigenvalue weighted by molar-refractivity contribution is -0.385. The molecule has 0 aliphatic rings. The summed E-state index contributed by atoms with van der Waals surface area (Å²) in [6.07, 6.45) is 2.15. The van der Waals surface area contributed by atoms with Gasteiger partial charge in [0.1, 0.15) is 5.56 Å². The molecule has 0 aromatic heterocycles. The van der Waals surface area contributed by atoms with Crippen LogP contribution >= 0.6 is 0 Å². The van der Waals surface area contributed by atoms with Gasteiger partial charge in [-0.2, -0.15) is 0 Å². The summed E-state index contributed by atoms with van der Waals surface area (Å²) >= 11 is 0. The summed E-state index contributed by atoms with van der Waals surface area (Å²) in [7, 11) is 0.712. The van der Waals surface area contributed by atoms with Crippen molar-refractivity contribution in [1.29, 1.82) is 0 Å². The summed E-state index contributed by atoms with van der Waals surface area (Å²) < 4.78 is 11.2. The second-order valence-electron chi connectivity index (χ2n) is 4.59. The number of benzene rings is 1. The molecule has 2 N–H and O–H groups in total. The third kappa shape index (κ3) is 4.82. The Balaban J connectivity index is 2.81. The van der Waals surface area contributed by atoms with E-state index in [2.05, 4.69) is 10.6 Å². The summed E-state index contributed by atoms with van der Waals surface area (Å²) in [5, 5.41) is 16.4. The van der Waals surface area contributed by atoms with Crippen LogP contribution in [0.15, 0.2) is 18.2 Å². The van der Waals surface area contributed by atoms with Crippen LogP contribution < -0.4 is 10.6 Å². The lowest BCUT2D eigenvalue weighted by Crippen LogP contribution is -2.28. The van der Waals surface area contributed by atoms with E-state index in [4.69, 9.17) is 0 Å². The van der Waals surface area contributed by atoms with E-state index in [9.17, 15) is 19.1 Å². The molecule has 0 spiro atoms. The van der Waals surface area contributed by atoms with Crippen LogP contribution in [-0.4, -0.2) is 40.1 Å². The van der Waals surface area contributed by atoms with E-state index in [1.165, 1.54) is 18.2 Å². The molecular formula is C13H19N3O4S. The van der Waals surface area contributed by atoms with Gasteiger partial charge in [0.2, 0.25) is 0 Å². The number of hydrogen-bond donors (Lipinski definition) is 2. The zero-order valence-corrected chi connectivity index (χ0v) is 13.0. The Morgan fingerprint density at radius 1 is 1.48 bits per heavy atom. The molecule has 0 bridgehead atoms. The molecule has 0 aliphatic heterocycles.